The Hall–Kier alpha value is -4.36. The lowest BCUT2D eigenvalue weighted by Crippen LogP contribution is -2.21. The highest BCUT2D eigenvalue weighted by molar-refractivity contribution is 6.33. The first-order chi connectivity index (χ1) is 20.0. The topological polar surface area (TPSA) is 81.7 Å². The molecule has 0 spiro atoms. The average Bonchev–Trinajstić information content (AvgIpc) is 3.33. The quantitative estimate of drug-likeness (QED) is 0.0921. The molecular formula is C34H34FNO5. The second-order valence-electron chi connectivity index (χ2n) is 9.87. The van der Waals surface area contributed by atoms with Gasteiger partial charge in [-0.2, -0.15) is 0 Å². The van der Waals surface area contributed by atoms with Crippen LogP contribution in [0.25, 0.3) is 11.6 Å². The molecule has 2 amide bonds. The van der Waals surface area contributed by atoms with Gasteiger partial charge in [-0.25, -0.2) is 4.39 Å². The number of rotatable bonds is 16. The fraction of sp³-hybridized carbons (Fsp3) is 0.265. The number of imide groups is 1. The Bertz CT molecular complexity index is 1380. The highest BCUT2D eigenvalue weighted by Gasteiger charge is 2.21. The lowest BCUT2D eigenvalue weighted by atomic mass is 10.0. The number of hydrogen-bond acceptors (Lipinski definition) is 5. The molecule has 41 heavy (non-hydrogen) atoms. The van der Waals surface area contributed by atoms with E-state index in [0.29, 0.717) is 31.0 Å². The predicted molar refractivity (Wildman–Crippen MR) is 157 cm³/mol. The van der Waals surface area contributed by atoms with Crippen LogP contribution in [0.15, 0.2) is 84.9 Å². The molecule has 1 N–H and O–H groups in total. The van der Waals surface area contributed by atoms with E-state index in [0.717, 1.165) is 61.0 Å². The van der Waals surface area contributed by atoms with Crippen LogP contribution in [0.4, 0.5) is 4.39 Å². The Morgan fingerprint density at radius 1 is 0.780 bits per heavy atom. The second kappa shape index (κ2) is 15.4. The lowest BCUT2D eigenvalue weighted by Gasteiger charge is -2.07. The third kappa shape index (κ3) is 9.65. The van der Waals surface area contributed by atoms with Gasteiger partial charge in [-0.3, -0.25) is 19.7 Å². The number of halogens is 1. The summed E-state index contributed by atoms with van der Waals surface area (Å²) in [6, 6.07) is 20.6. The van der Waals surface area contributed by atoms with Gasteiger partial charge in [0.25, 0.3) is 11.8 Å². The number of ether oxygens (including phenoxy) is 2. The summed E-state index contributed by atoms with van der Waals surface area (Å²) >= 11 is 0. The summed E-state index contributed by atoms with van der Waals surface area (Å²) < 4.78 is 24.6. The minimum atomic E-state index is -0.376. The van der Waals surface area contributed by atoms with Crippen molar-refractivity contribution in [3.63, 3.8) is 0 Å². The first-order valence-electron chi connectivity index (χ1n) is 13.9. The number of carbonyl (C=O) groups is 3. The molecule has 4 rings (SSSR count). The van der Waals surface area contributed by atoms with Crippen LogP contribution >= 0.6 is 0 Å². The molecule has 0 aromatic heterocycles. The molecule has 0 aliphatic carbocycles. The van der Waals surface area contributed by atoms with Crippen LogP contribution in [0, 0.1) is 5.82 Å². The highest BCUT2D eigenvalue weighted by Crippen LogP contribution is 2.19. The van der Waals surface area contributed by atoms with Crippen molar-refractivity contribution >= 4 is 29.2 Å². The largest absolute Gasteiger partial charge is 0.494 e. The molecule has 0 radical (unpaired) electrons. The summed E-state index contributed by atoms with van der Waals surface area (Å²) in [5.41, 5.74) is 3.49. The molecule has 0 unspecified atom stereocenters. The first-order valence-corrected chi connectivity index (χ1v) is 13.9. The molecular weight excluding hydrogens is 521 g/mol. The number of nitrogens with one attached hydrogen (secondary N) is 1. The molecule has 6 nitrogen and oxygen atoms in total. The summed E-state index contributed by atoms with van der Waals surface area (Å²) in [4.78, 5) is 35.2. The molecule has 1 aliphatic rings. The molecule has 0 saturated heterocycles. The zero-order valence-corrected chi connectivity index (χ0v) is 22.9. The van der Waals surface area contributed by atoms with Crippen molar-refractivity contribution in [2.45, 2.75) is 45.1 Å². The van der Waals surface area contributed by atoms with E-state index in [1.54, 1.807) is 6.08 Å². The minimum absolute atomic E-state index is 0.170. The molecule has 1 aliphatic heterocycles. The van der Waals surface area contributed by atoms with Gasteiger partial charge < -0.3 is 9.47 Å². The van der Waals surface area contributed by atoms with Crippen molar-refractivity contribution in [3.05, 3.63) is 113 Å². The maximum Gasteiger partial charge on any atom is 0.258 e. The Labute approximate surface area is 239 Å². The van der Waals surface area contributed by atoms with Crippen LogP contribution in [0.5, 0.6) is 5.75 Å². The van der Waals surface area contributed by atoms with E-state index < -0.39 is 0 Å². The van der Waals surface area contributed by atoms with Gasteiger partial charge in [0.1, 0.15) is 11.6 Å². The zero-order chi connectivity index (χ0) is 28.9. The van der Waals surface area contributed by atoms with E-state index in [1.165, 1.54) is 36.4 Å². The van der Waals surface area contributed by atoms with Crippen LogP contribution < -0.4 is 10.1 Å². The summed E-state index contributed by atoms with van der Waals surface area (Å²) in [6.07, 6.45) is 11.1. The molecule has 0 bridgehead atoms. The van der Waals surface area contributed by atoms with E-state index in [1.807, 2.05) is 48.5 Å². The number of benzene rings is 3. The van der Waals surface area contributed by atoms with E-state index in [-0.39, 0.29) is 23.4 Å². The van der Waals surface area contributed by atoms with Crippen LogP contribution in [0.2, 0.25) is 0 Å². The Morgan fingerprint density at radius 2 is 1.44 bits per heavy atom. The van der Waals surface area contributed by atoms with E-state index in [2.05, 4.69) is 5.32 Å². The third-order valence-electron chi connectivity index (χ3n) is 6.68. The maximum atomic E-state index is 13.0. The van der Waals surface area contributed by atoms with Gasteiger partial charge >= 0.3 is 0 Å². The van der Waals surface area contributed by atoms with Crippen LogP contribution in [-0.4, -0.2) is 30.8 Å². The maximum absolute atomic E-state index is 13.0. The fourth-order valence-electron chi connectivity index (χ4n) is 4.36. The Balaban J connectivity index is 1.00. The van der Waals surface area contributed by atoms with E-state index >= 15 is 0 Å². The van der Waals surface area contributed by atoms with Gasteiger partial charge in [-0.1, -0.05) is 68.2 Å². The second-order valence-corrected chi connectivity index (χ2v) is 9.87. The number of carbonyl (C=O) groups excluding carboxylic acids is 3. The molecule has 7 heteroatoms. The number of hydrogen-bond donors (Lipinski definition) is 1. The van der Waals surface area contributed by atoms with Gasteiger partial charge in [0.05, 0.1) is 18.8 Å². The molecule has 0 atom stereocenters. The van der Waals surface area contributed by atoms with Crippen molar-refractivity contribution in [1.82, 2.24) is 5.32 Å². The Kier molecular flexibility index (Phi) is 11.1. The van der Waals surface area contributed by atoms with E-state index in [4.69, 9.17) is 9.47 Å². The van der Waals surface area contributed by atoms with Crippen molar-refractivity contribution < 1.29 is 28.2 Å². The highest BCUT2D eigenvalue weighted by atomic mass is 19.1. The number of ketones is 1. The molecule has 212 valence electrons. The van der Waals surface area contributed by atoms with Crippen molar-refractivity contribution in [1.29, 1.82) is 0 Å². The molecule has 0 saturated carbocycles. The van der Waals surface area contributed by atoms with Crippen LogP contribution in [0.1, 0.15) is 65.6 Å². The number of amides is 2. The van der Waals surface area contributed by atoms with Gasteiger partial charge in [0.15, 0.2) is 5.78 Å². The minimum Gasteiger partial charge on any atom is -0.494 e. The van der Waals surface area contributed by atoms with E-state index in [9.17, 15) is 18.8 Å². The van der Waals surface area contributed by atoms with Crippen molar-refractivity contribution in [2.24, 2.45) is 0 Å². The lowest BCUT2D eigenvalue weighted by molar-refractivity contribution is -0.123. The van der Waals surface area contributed by atoms with Crippen molar-refractivity contribution in [3.8, 4) is 5.75 Å². The number of allylic oxidation sites excluding steroid dienone is 1. The molecule has 1 heterocycles. The fourth-order valence-corrected chi connectivity index (χ4v) is 4.36. The smallest absolute Gasteiger partial charge is 0.258 e. The summed E-state index contributed by atoms with van der Waals surface area (Å²) in [7, 11) is 0. The predicted octanol–water partition coefficient (Wildman–Crippen LogP) is 6.70. The van der Waals surface area contributed by atoms with Gasteiger partial charge in [0.2, 0.25) is 0 Å². The summed E-state index contributed by atoms with van der Waals surface area (Å²) in [5.74, 6) is -0.467. The Morgan fingerprint density at radius 3 is 2.10 bits per heavy atom. The first kappa shape index (κ1) is 29.6. The van der Waals surface area contributed by atoms with Gasteiger partial charge in [-0.05, 0) is 72.0 Å². The SMILES string of the molecule is O=C1C=C(c2ccc(COCCCCCCCCOc3ccc(C=CC(=O)c4ccc(F)cc4)cc3)cc2)C(=O)N1. The molecule has 0 fully saturated rings. The molecule has 3 aromatic rings. The van der Waals surface area contributed by atoms with Crippen LogP contribution in [0.3, 0.4) is 0 Å². The third-order valence-corrected chi connectivity index (χ3v) is 6.68. The summed E-state index contributed by atoms with van der Waals surface area (Å²) in [5, 5.41) is 2.25. The monoisotopic (exact) mass is 555 g/mol. The standard InChI is InChI=1S/C34H34FNO5/c35-29-16-14-28(15-17-29)32(37)20-11-25-9-18-30(19-10-25)41-22-6-4-2-1-3-5-21-40-24-26-7-12-27(13-8-26)31-23-33(38)36-34(31)39/h7-20,23H,1-6,21-22,24H2,(H,36,38,39). The van der Waals surface area contributed by atoms with Gasteiger partial charge in [-0.15, -0.1) is 0 Å². The average molecular weight is 556 g/mol. The van der Waals surface area contributed by atoms with Gasteiger partial charge in [0, 0.05) is 18.2 Å². The van der Waals surface area contributed by atoms with Crippen LogP contribution in [-0.2, 0) is 20.9 Å². The zero-order valence-electron chi connectivity index (χ0n) is 22.9. The molecule has 3 aromatic carbocycles. The summed E-state index contributed by atoms with van der Waals surface area (Å²) in [6.45, 7) is 1.89. The van der Waals surface area contributed by atoms with Crippen molar-refractivity contribution in [2.75, 3.05) is 13.2 Å². The number of unbranched alkanes of at least 4 members (excludes halogenated alkanes) is 5. The normalized spacial score (nSPS) is 13.0.